The number of rotatable bonds is 5. The number of aliphatic hydroxyl groups is 1. The standard InChI is InChI=1S/C17H19NO4S/c19-17(14-22-15-7-3-1-4-8-15)11-12-18(13-17)23(20,21)16-9-5-2-6-10-16/h1-10,19H,11-14H2/t17-/m1/s1. The number of β-amino-alcohol motifs (C(OH)–C–C–N with tert-alkyl or cyclic N) is 1. The maximum absolute atomic E-state index is 12.6. The third-order valence-corrected chi connectivity index (χ3v) is 5.79. The predicted molar refractivity (Wildman–Crippen MR) is 86.7 cm³/mol. The molecule has 1 atom stereocenters. The lowest BCUT2D eigenvalue weighted by Gasteiger charge is -2.23. The Bertz CT molecular complexity index is 749. The van der Waals surface area contributed by atoms with Crippen molar-refractivity contribution in [1.82, 2.24) is 4.31 Å². The molecule has 6 heteroatoms. The molecule has 0 saturated carbocycles. The lowest BCUT2D eigenvalue weighted by molar-refractivity contribution is 0.00875. The smallest absolute Gasteiger partial charge is 0.243 e. The third-order valence-electron chi connectivity index (χ3n) is 3.93. The summed E-state index contributed by atoms with van der Waals surface area (Å²) in [5.74, 6) is 0.658. The second-order valence-corrected chi connectivity index (χ2v) is 7.67. The minimum Gasteiger partial charge on any atom is -0.491 e. The van der Waals surface area contributed by atoms with Crippen molar-refractivity contribution in [2.45, 2.75) is 16.9 Å². The maximum atomic E-state index is 12.6. The molecular weight excluding hydrogens is 314 g/mol. The summed E-state index contributed by atoms with van der Waals surface area (Å²) in [5.41, 5.74) is -1.17. The van der Waals surface area contributed by atoms with Gasteiger partial charge in [-0.3, -0.25) is 0 Å². The topological polar surface area (TPSA) is 66.8 Å². The molecular formula is C17H19NO4S. The summed E-state index contributed by atoms with van der Waals surface area (Å²) in [4.78, 5) is 0.244. The second-order valence-electron chi connectivity index (χ2n) is 5.73. The monoisotopic (exact) mass is 333 g/mol. The van der Waals surface area contributed by atoms with E-state index in [2.05, 4.69) is 0 Å². The van der Waals surface area contributed by atoms with Crippen LogP contribution in [0.4, 0.5) is 0 Å². The van der Waals surface area contributed by atoms with Gasteiger partial charge in [-0.05, 0) is 30.7 Å². The van der Waals surface area contributed by atoms with Crippen molar-refractivity contribution >= 4 is 10.0 Å². The molecule has 0 bridgehead atoms. The van der Waals surface area contributed by atoms with E-state index >= 15 is 0 Å². The van der Waals surface area contributed by atoms with Crippen molar-refractivity contribution in [3.63, 3.8) is 0 Å². The van der Waals surface area contributed by atoms with E-state index in [9.17, 15) is 13.5 Å². The first kappa shape index (κ1) is 16.0. The van der Waals surface area contributed by atoms with Crippen LogP contribution in [-0.4, -0.2) is 43.1 Å². The van der Waals surface area contributed by atoms with Crippen LogP contribution >= 0.6 is 0 Å². The quantitative estimate of drug-likeness (QED) is 0.907. The van der Waals surface area contributed by atoms with E-state index in [4.69, 9.17) is 4.74 Å². The highest BCUT2D eigenvalue weighted by atomic mass is 32.2. The zero-order valence-electron chi connectivity index (χ0n) is 12.6. The van der Waals surface area contributed by atoms with E-state index in [1.54, 1.807) is 42.5 Å². The van der Waals surface area contributed by atoms with Crippen molar-refractivity contribution < 1.29 is 18.3 Å². The molecule has 0 spiro atoms. The molecule has 1 N–H and O–H groups in total. The molecule has 2 aromatic rings. The summed E-state index contributed by atoms with van der Waals surface area (Å²) in [6.07, 6.45) is 0.353. The van der Waals surface area contributed by atoms with Crippen LogP contribution < -0.4 is 4.74 Å². The van der Waals surface area contributed by atoms with E-state index in [1.807, 2.05) is 18.2 Å². The Balaban J connectivity index is 1.68. The minimum atomic E-state index is -3.57. The van der Waals surface area contributed by atoms with Gasteiger partial charge in [0.25, 0.3) is 0 Å². The van der Waals surface area contributed by atoms with E-state index in [0.717, 1.165) is 0 Å². The van der Waals surface area contributed by atoms with Crippen LogP contribution in [0.1, 0.15) is 6.42 Å². The van der Waals surface area contributed by atoms with Crippen molar-refractivity contribution in [3.8, 4) is 5.75 Å². The minimum absolute atomic E-state index is 0.0388. The molecule has 0 aliphatic carbocycles. The van der Waals surface area contributed by atoms with Gasteiger partial charge in [0.15, 0.2) is 0 Å². The lowest BCUT2D eigenvalue weighted by Crippen LogP contribution is -2.40. The molecule has 1 aliphatic rings. The Labute approximate surface area is 136 Å². The van der Waals surface area contributed by atoms with E-state index in [1.165, 1.54) is 4.31 Å². The highest BCUT2D eigenvalue weighted by Gasteiger charge is 2.42. The average molecular weight is 333 g/mol. The molecule has 0 aromatic heterocycles. The predicted octanol–water partition coefficient (Wildman–Crippen LogP) is 1.89. The van der Waals surface area contributed by atoms with Crippen LogP contribution in [0.5, 0.6) is 5.75 Å². The van der Waals surface area contributed by atoms with Gasteiger partial charge in [-0.1, -0.05) is 36.4 Å². The highest BCUT2D eigenvalue weighted by molar-refractivity contribution is 7.89. The SMILES string of the molecule is O=S(=O)(c1ccccc1)N1CC[C@](O)(COc2ccccc2)C1. The van der Waals surface area contributed by atoms with Gasteiger partial charge in [0.05, 0.1) is 4.90 Å². The number of nitrogens with zero attached hydrogens (tertiary/aromatic N) is 1. The van der Waals surface area contributed by atoms with Gasteiger partial charge < -0.3 is 9.84 Å². The van der Waals surface area contributed by atoms with Crippen molar-refractivity contribution in [3.05, 3.63) is 60.7 Å². The second kappa shape index (κ2) is 6.31. The number of ether oxygens (including phenoxy) is 1. The first-order chi connectivity index (χ1) is 11.0. The van der Waals surface area contributed by atoms with E-state index < -0.39 is 15.6 Å². The Hall–Kier alpha value is -1.89. The van der Waals surface area contributed by atoms with Gasteiger partial charge in [-0.15, -0.1) is 0 Å². The molecule has 0 unspecified atom stereocenters. The molecule has 0 amide bonds. The molecule has 3 rings (SSSR count). The number of para-hydroxylation sites is 1. The first-order valence-electron chi connectivity index (χ1n) is 7.45. The normalized spacial score (nSPS) is 22.1. The van der Waals surface area contributed by atoms with Gasteiger partial charge in [-0.2, -0.15) is 4.31 Å². The van der Waals surface area contributed by atoms with Crippen LogP contribution in [0.3, 0.4) is 0 Å². The fourth-order valence-electron chi connectivity index (χ4n) is 2.62. The van der Waals surface area contributed by atoms with Crippen molar-refractivity contribution in [1.29, 1.82) is 0 Å². The molecule has 1 fully saturated rings. The molecule has 1 aliphatic heterocycles. The molecule has 5 nitrogen and oxygen atoms in total. The lowest BCUT2D eigenvalue weighted by atomic mass is 10.1. The molecule has 2 aromatic carbocycles. The highest BCUT2D eigenvalue weighted by Crippen LogP contribution is 2.28. The number of hydrogen-bond donors (Lipinski definition) is 1. The zero-order valence-corrected chi connectivity index (χ0v) is 13.4. The third kappa shape index (κ3) is 3.55. The van der Waals surface area contributed by atoms with Gasteiger partial charge in [0, 0.05) is 13.1 Å². The molecule has 122 valence electrons. The first-order valence-corrected chi connectivity index (χ1v) is 8.89. The van der Waals surface area contributed by atoms with Crippen molar-refractivity contribution in [2.75, 3.05) is 19.7 Å². The summed E-state index contributed by atoms with van der Waals surface area (Å²) >= 11 is 0. The fraction of sp³-hybridized carbons (Fsp3) is 0.294. The van der Waals surface area contributed by atoms with Gasteiger partial charge in [0.2, 0.25) is 10.0 Å². The zero-order chi connectivity index (χ0) is 16.3. The maximum Gasteiger partial charge on any atom is 0.243 e. The summed E-state index contributed by atoms with van der Waals surface area (Å²) < 4.78 is 32.0. The summed E-state index contributed by atoms with van der Waals surface area (Å²) in [6.45, 7) is 0.390. The summed E-state index contributed by atoms with van der Waals surface area (Å²) in [5, 5.41) is 10.6. The van der Waals surface area contributed by atoms with E-state index in [-0.39, 0.29) is 24.6 Å². The Morgan fingerprint density at radius 3 is 2.30 bits per heavy atom. The largest absolute Gasteiger partial charge is 0.491 e. The van der Waals surface area contributed by atoms with Crippen LogP contribution in [0, 0.1) is 0 Å². The fourth-order valence-corrected chi connectivity index (χ4v) is 4.16. The number of benzene rings is 2. The Morgan fingerprint density at radius 1 is 1.04 bits per heavy atom. The Morgan fingerprint density at radius 2 is 1.65 bits per heavy atom. The summed E-state index contributed by atoms with van der Waals surface area (Å²) in [7, 11) is -3.57. The van der Waals surface area contributed by atoms with Gasteiger partial charge >= 0.3 is 0 Å². The van der Waals surface area contributed by atoms with Crippen LogP contribution in [-0.2, 0) is 10.0 Å². The number of sulfonamides is 1. The average Bonchev–Trinajstić information content (AvgIpc) is 2.98. The van der Waals surface area contributed by atoms with Crippen LogP contribution in [0.2, 0.25) is 0 Å². The molecule has 1 saturated heterocycles. The molecule has 0 radical (unpaired) electrons. The van der Waals surface area contributed by atoms with Gasteiger partial charge in [-0.25, -0.2) is 8.42 Å². The van der Waals surface area contributed by atoms with Crippen molar-refractivity contribution in [2.24, 2.45) is 0 Å². The Kier molecular flexibility index (Phi) is 4.39. The summed E-state index contributed by atoms with van der Waals surface area (Å²) in [6, 6.07) is 17.5. The van der Waals surface area contributed by atoms with E-state index in [0.29, 0.717) is 12.2 Å². The number of hydrogen-bond acceptors (Lipinski definition) is 4. The van der Waals surface area contributed by atoms with Crippen LogP contribution in [0.15, 0.2) is 65.6 Å². The van der Waals surface area contributed by atoms with Gasteiger partial charge in [0.1, 0.15) is 18.0 Å². The molecule has 23 heavy (non-hydrogen) atoms. The van der Waals surface area contributed by atoms with Crippen LogP contribution in [0.25, 0.3) is 0 Å². The molecule has 1 heterocycles.